The zero-order valence-corrected chi connectivity index (χ0v) is 10.7. The number of hydrogen-bond donors (Lipinski definition) is 2. The summed E-state index contributed by atoms with van der Waals surface area (Å²) in [6.07, 6.45) is 0.0406. The summed E-state index contributed by atoms with van der Waals surface area (Å²) >= 11 is 0. The van der Waals surface area contributed by atoms with Gasteiger partial charge in [-0.2, -0.15) is 0 Å². The van der Waals surface area contributed by atoms with E-state index in [1.165, 1.54) is 18.2 Å². The van der Waals surface area contributed by atoms with Gasteiger partial charge in [-0.1, -0.05) is 0 Å². The Morgan fingerprint density at radius 2 is 2.00 bits per heavy atom. The van der Waals surface area contributed by atoms with E-state index in [4.69, 9.17) is 5.73 Å². The number of primary amides is 1. The molecular weight excluding hydrogens is 235 g/mol. The van der Waals surface area contributed by atoms with Crippen molar-refractivity contribution in [3.63, 3.8) is 0 Å². The summed E-state index contributed by atoms with van der Waals surface area (Å²) in [6.45, 7) is 4.98. The van der Waals surface area contributed by atoms with Crippen molar-refractivity contribution in [3.05, 3.63) is 35.1 Å². The van der Waals surface area contributed by atoms with Crippen molar-refractivity contribution in [2.75, 3.05) is 0 Å². The van der Waals surface area contributed by atoms with Crippen LogP contribution in [0.1, 0.15) is 36.2 Å². The minimum Gasteiger partial charge on any atom is -0.370 e. The summed E-state index contributed by atoms with van der Waals surface area (Å²) in [6, 6.07) is 4.11. The van der Waals surface area contributed by atoms with Gasteiger partial charge in [0.2, 0.25) is 5.91 Å². The molecule has 0 atom stereocenters. The minimum atomic E-state index is -0.731. The molecule has 0 saturated heterocycles. The van der Waals surface area contributed by atoms with Crippen LogP contribution < -0.4 is 11.1 Å². The highest BCUT2D eigenvalue weighted by atomic mass is 19.1. The maximum atomic E-state index is 13.1. The van der Waals surface area contributed by atoms with Gasteiger partial charge < -0.3 is 11.1 Å². The lowest BCUT2D eigenvalue weighted by atomic mass is 9.99. The number of nitrogens with two attached hydrogens (primary N) is 1. The Kier molecular flexibility index (Phi) is 4.06. The van der Waals surface area contributed by atoms with E-state index in [0.29, 0.717) is 11.1 Å². The summed E-state index contributed by atoms with van der Waals surface area (Å²) in [7, 11) is 0. The van der Waals surface area contributed by atoms with Gasteiger partial charge in [0.05, 0.1) is 0 Å². The Morgan fingerprint density at radius 3 is 2.50 bits per heavy atom. The fraction of sp³-hybridized carbons (Fsp3) is 0.385. The number of halogens is 1. The van der Waals surface area contributed by atoms with Gasteiger partial charge in [0.1, 0.15) is 5.82 Å². The van der Waals surface area contributed by atoms with E-state index in [0.717, 1.165) is 0 Å². The zero-order valence-electron chi connectivity index (χ0n) is 10.7. The predicted octanol–water partition coefficient (Wildman–Crippen LogP) is 1.52. The van der Waals surface area contributed by atoms with Crippen LogP contribution in [0.4, 0.5) is 4.39 Å². The normalized spacial score (nSPS) is 11.1. The van der Waals surface area contributed by atoms with Gasteiger partial charge in [0.15, 0.2) is 0 Å². The summed E-state index contributed by atoms with van der Waals surface area (Å²) in [4.78, 5) is 22.8. The van der Waals surface area contributed by atoms with Gasteiger partial charge in [-0.05, 0) is 44.5 Å². The van der Waals surface area contributed by atoms with E-state index in [1.807, 2.05) is 0 Å². The summed E-state index contributed by atoms with van der Waals surface area (Å²) in [5, 5.41) is 2.69. The highest BCUT2D eigenvalue weighted by Gasteiger charge is 2.23. The van der Waals surface area contributed by atoms with Gasteiger partial charge in [-0.3, -0.25) is 9.59 Å². The molecule has 0 aromatic heterocycles. The molecular formula is C13H17FN2O2. The fourth-order valence-electron chi connectivity index (χ4n) is 1.65. The van der Waals surface area contributed by atoms with Crippen molar-refractivity contribution in [1.82, 2.24) is 5.32 Å². The molecule has 0 aliphatic carbocycles. The summed E-state index contributed by atoms with van der Waals surface area (Å²) in [5.41, 5.74) is 5.12. The first-order chi connectivity index (χ1) is 8.21. The number of carbonyl (C=O) groups is 2. The van der Waals surface area contributed by atoms with Crippen LogP contribution >= 0.6 is 0 Å². The first-order valence-corrected chi connectivity index (χ1v) is 5.58. The Hall–Kier alpha value is -1.91. The number of hydrogen-bond acceptors (Lipinski definition) is 2. The zero-order chi connectivity index (χ0) is 13.9. The largest absolute Gasteiger partial charge is 0.370 e. The third kappa shape index (κ3) is 3.84. The number of carbonyl (C=O) groups excluding carboxylic acids is 2. The summed E-state index contributed by atoms with van der Waals surface area (Å²) < 4.78 is 13.1. The molecule has 3 N–H and O–H groups in total. The van der Waals surface area contributed by atoms with E-state index in [-0.39, 0.29) is 18.1 Å². The summed E-state index contributed by atoms with van der Waals surface area (Å²) in [5.74, 6) is -1.21. The van der Waals surface area contributed by atoms with Crippen molar-refractivity contribution in [1.29, 1.82) is 0 Å². The molecule has 0 unspecified atom stereocenters. The lowest BCUT2D eigenvalue weighted by Gasteiger charge is -2.24. The molecule has 0 heterocycles. The Balaban J connectivity index is 2.82. The molecule has 1 aromatic carbocycles. The first-order valence-electron chi connectivity index (χ1n) is 5.58. The highest BCUT2D eigenvalue weighted by Crippen LogP contribution is 2.12. The van der Waals surface area contributed by atoms with Gasteiger partial charge >= 0.3 is 0 Å². The van der Waals surface area contributed by atoms with Crippen LogP contribution in [0, 0.1) is 12.7 Å². The standard InChI is InChI=1S/C13H17FN2O2/c1-8-6-9(4-5-10(8)14)12(18)16-13(2,3)7-11(15)17/h4-6H,7H2,1-3H3,(H2,15,17)(H,16,18). The van der Waals surface area contributed by atoms with Crippen molar-refractivity contribution in [2.45, 2.75) is 32.7 Å². The van der Waals surface area contributed by atoms with Crippen LogP contribution in [0.3, 0.4) is 0 Å². The molecule has 1 aromatic rings. The van der Waals surface area contributed by atoms with Crippen molar-refractivity contribution >= 4 is 11.8 Å². The molecule has 98 valence electrons. The third-order valence-electron chi connectivity index (χ3n) is 2.49. The molecule has 0 bridgehead atoms. The number of rotatable bonds is 4. The quantitative estimate of drug-likeness (QED) is 0.852. The lowest BCUT2D eigenvalue weighted by molar-refractivity contribution is -0.119. The average Bonchev–Trinajstić information content (AvgIpc) is 2.19. The topological polar surface area (TPSA) is 72.2 Å². The second-order valence-electron chi connectivity index (χ2n) is 4.95. The average molecular weight is 252 g/mol. The molecule has 5 heteroatoms. The maximum Gasteiger partial charge on any atom is 0.251 e. The van der Waals surface area contributed by atoms with Crippen LogP contribution in [0.2, 0.25) is 0 Å². The minimum absolute atomic E-state index is 0.0406. The fourth-order valence-corrected chi connectivity index (χ4v) is 1.65. The van der Waals surface area contributed by atoms with Crippen molar-refractivity contribution < 1.29 is 14.0 Å². The van der Waals surface area contributed by atoms with Crippen molar-refractivity contribution in [2.24, 2.45) is 5.73 Å². The number of benzene rings is 1. The lowest BCUT2D eigenvalue weighted by Crippen LogP contribution is -2.46. The molecule has 0 spiro atoms. The predicted molar refractivity (Wildman–Crippen MR) is 66.5 cm³/mol. The Morgan fingerprint density at radius 1 is 1.39 bits per heavy atom. The van der Waals surface area contributed by atoms with E-state index in [9.17, 15) is 14.0 Å². The number of nitrogens with one attached hydrogen (secondary N) is 1. The second kappa shape index (κ2) is 5.16. The molecule has 18 heavy (non-hydrogen) atoms. The Labute approximate surface area is 105 Å². The number of amides is 2. The molecule has 0 aliphatic heterocycles. The van der Waals surface area contributed by atoms with Crippen LogP contribution in [-0.4, -0.2) is 17.4 Å². The Bertz CT molecular complexity index is 484. The van der Waals surface area contributed by atoms with Gasteiger partial charge in [0.25, 0.3) is 5.91 Å². The van der Waals surface area contributed by atoms with E-state index in [1.54, 1.807) is 20.8 Å². The molecule has 0 saturated carbocycles. The van der Waals surface area contributed by atoms with E-state index < -0.39 is 11.4 Å². The van der Waals surface area contributed by atoms with Gasteiger partial charge in [-0.25, -0.2) is 4.39 Å². The van der Waals surface area contributed by atoms with E-state index >= 15 is 0 Å². The number of aryl methyl sites for hydroxylation is 1. The third-order valence-corrected chi connectivity index (χ3v) is 2.49. The molecule has 4 nitrogen and oxygen atoms in total. The van der Waals surface area contributed by atoms with Crippen LogP contribution in [0.5, 0.6) is 0 Å². The molecule has 0 radical (unpaired) electrons. The second-order valence-corrected chi connectivity index (χ2v) is 4.95. The van der Waals surface area contributed by atoms with Gasteiger partial charge in [-0.15, -0.1) is 0 Å². The van der Waals surface area contributed by atoms with Gasteiger partial charge in [0, 0.05) is 17.5 Å². The molecule has 2 amide bonds. The van der Waals surface area contributed by atoms with Crippen LogP contribution in [-0.2, 0) is 4.79 Å². The van der Waals surface area contributed by atoms with Crippen molar-refractivity contribution in [3.8, 4) is 0 Å². The molecule has 0 aliphatic rings. The first kappa shape index (κ1) is 14.2. The maximum absolute atomic E-state index is 13.1. The highest BCUT2D eigenvalue weighted by molar-refractivity contribution is 5.95. The SMILES string of the molecule is Cc1cc(C(=O)NC(C)(C)CC(N)=O)ccc1F. The smallest absolute Gasteiger partial charge is 0.251 e. The van der Waals surface area contributed by atoms with E-state index in [2.05, 4.69) is 5.32 Å². The van der Waals surface area contributed by atoms with Crippen LogP contribution in [0.15, 0.2) is 18.2 Å². The molecule has 1 rings (SSSR count). The molecule has 0 fully saturated rings. The van der Waals surface area contributed by atoms with Crippen LogP contribution in [0.25, 0.3) is 0 Å². The monoisotopic (exact) mass is 252 g/mol.